The van der Waals surface area contributed by atoms with E-state index in [4.69, 9.17) is 10.7 Å². The van der Waals surface area contributed by atoms with Crippen molar-refractivity contribution in [3.05, 3.63) is 22.4 Å². The first-order valence-electron chi connectivity index (χ1n) is 6.90. The average Bonchev–Trinajstić information content (AvgIpc) is 2.90. The molecule has 1 aliphatic carbocycles. The third kappa shape index (κ3) is 3.73. The van der Waals surface area contributed by atoms with Crippen molar-refractivity contribution in [2.75, 3.05) is 6.54 Å². The fraction of sp³-hybridized carbons (Fsp3) is 0.643. The molecule has 0 aliphatic heterocycles. The second kappa shape index (κ2) is 6.78. The van der Waals surface area contributed by atoms with Crippen molar-refractivity contribution < 1.29 is 0 Å². The number of hydrogen-bond donors (Lipinski definition) is 1. The molecular formula is C14H23N3S. The highest BCUT2D eigenvalue weighted by Crippen LogP contribution is 2.20. The van der Waals surface area contributed by atoms with E-state index >= 15 is 0 Å². The lowest BCUT2D eigenvalue weighted by molar-refractivity contribution is 0.408. The second-order valence-corrected chi connectivity index (χ2v) is 5.90. The number of rotatable bonds is 4. The Hall–Kier alpha value is -1.03. The summed E-state index contributed by atoms with van der Waals surface area (Å²) in [6, 6.07) is 4.69. The van der Waals surface area contributed by atoms with Crippen LogP contribution in [-0.2, 0) is 6.54 Å². The van der Waals surface area contributed by atoms with Crippen LogP contribution in [0, 0.1) is 0 Å². The first kappa shape index (κ1) is 13.4. The maximum Gasteiger partial charge on any atom is 0.191 e. The van der Waals surface area contributed by atoms with E-state index in [0.29, 0.717) is 6.04 Å². The minimum Gasteiger partial charge on any atom is -0.370 e. The van der Waals surface area contributed by atoms with E-state index in [1.54, 1.807) is 11.3 Å². The Morgan fingerprint density at radius 2 is 2.22 bits per heavy atom. The molecule has 1 aromatic rings. The number of nitrogens with two attached hydrogens (primary N) is 1. The van der Waals surface area contributed by atoms with Gasteiger partial charge in [0, 0.05) is 11.4 Å². The summed E-state index contributed by atoms with van der Waals surface area (Å²) in [6.07, 6.45) is 6.38. The molecule has 1 aromatic heterocycles. The second-order valence-electron chi connectivity index (χ2n) is 4.87. The molecule has 0 aromatic carbocycles. The van der Waals surface area contributed by atoms with Gasteiger partial charge in [0.15, 0.2) is 5.96 Å². The molecule has 18 heavy (non-hydrogen) atoms. The van der Waals surface area contributed by atoms with E-state index in [2.05, 4.69) is 29.3 Å². The molecule has 1 fully saturated rings. The zero-order valence-electron chi connectivity index (χ0n) is 11.1. The lowest BCUT2D eigenvalue weighted by Crippen LogP contribution is -2.37. The number of aliphatic imine (C=N–C) groups is 1. The molecular weight excluding hydrogens is 242 g/mol. The molecule has 0 atom stereocenters. The SMILES string of the molecule is CCN(Cc1cccs1)C(N)=NC1CCCCC1. The van der Waals surface area contributed by atoms with Crippen LogP contribution >= 0.6 is 11.3 Å². The van der Waals surface area contributed by atoms with Gasteiger partial charge in [-0.25, -0.2) is 4.99 Å². The zero-order valence-corrected chi connectivity index (χ0v) is 12.0. The largest absolute Gasteiger partial charge is 0.370 e. The van der Waals surface area contributed by atoms with Crippen molar-refractivity contribution in [1.29, 1.82) is 0 Å². The van der Waals surface area contributed by atoms with Gasteiger partial charge in [0.05, 0.1) is 12.6 Å². The fourth-order valence-electron chi connectivity index (χ4n) is 2.42. The quantitative estimate of drug-likeness (QED) is 0.671. The number of thiophene rings is 1. The van der Waals surface area contributed by atoms with Crippen LogP contribution in [0.3, 0.4) is 0 Å². The van der Waals surface area contributed by atoms with Gasteiger partial charge in [0.2, 0.25) is 0 Å². The van der Waals surface area contributed by atoms with E-state index in [1.807, 2.05) is 0 Å². The standard InChI is InChI=1S/C14H23N3S/c1-2-17(11-13-9-6-10-18-13)14(15)16-12-7-4-3-5-8-12/h6,9-10,12H,2-5,7-8,11H2,1H3,(H2,15,16). The first-order chi connectivity index (χ1) is 8.79. The predicted octanol–water partition coefficient (Wildman–Crippen LogP) is 3.22. The molecule has 0 amide bonds. The van der Waals surface area contributed by atoms with Crippen LogP contribution in [0.2, 0.25) is 0 Å². The normalized spacial score (nSPS) is 17.9. The van der Waals surface area contributed by atoms with Crippen molar-refractivity contribution in [2.45, 2.75) is 51.6 Å². The number of hydrogen-bond acceptors (Lipinski definition) is 2. The van der Waals surface area contributed by atoms with Crippen molar-refractivity contribution in [3.8, 4) is 0 Å². The Balaban J connectivity index is 1.95. The molecule has 1 aliphatic rings. The fourth-order valence-corrected chi connectivity index (χ4v) is 3.14. The van der Waals surface area contributed by atoms with E-state index in [9.17, 15) is 0 Å². The Kier molecular flexibility index (Phi) is 5.05. The van der Waals surface area contributed by atoms with Gasteiger partial charge < -0.3 is 10.6 Å². The average molecular weight is 265 g/mol. The van der Waals surface area contributed by atoms with Crippen molar-refractivity contribution in [1.82, 2.24) is 4.90 Å². The van der Waals surface area contributed by atoms with Crippen molar-refractivity contribution in [3.63, 3.8) is 0 Å². The third-order valence-electron chi connectivity index (χ3n) is 3.52. The van der Waals surface area contributed by atoms with Gasteiger partial charge in [-0.3, -0.25) is 0 Å². The van der Waals surface area contributed by atoms with E-state index in [1.165, 1.54) is 37.0 Å². The summed E-state index contributed by atoms with van der Waals surface area (Å²) >= 11 is 1.78. The van der Waals surface area contributed by atoms with Gasteiger partial charge in [-0.15, -0.1) is 11.3 Å². The van der Waals surface area contributed by atoms with Gasteiger partial charge in [0.25, 0.3) is 0 Å². The molecule has 1 heterocycles. The number of nitrogens with zero attached hydrogens (tertiary/aromatic N) is 2. The van der Waals surface area contributed by atoms with Crippen LogP contribution in [0.1, 0.15) is 43.9 Å². The topological polar surface area (TPSA) is 41.6 Å². The van der Waals surface area contributed by atoms with Crippen molar-refractivity contribution >= 4 is 17.3 Å². The van der Waals surface area contributed by atoms with Gasteiger partial charge in [-0.1, -0.05) is 25.3 Å². The summed E-state index contributed by atoms with van der Waals surface area (Å²) in [6.45, 7) is 3.94. The van der Waals surface area contributed by atoms with E-state index in [-0.39, 0.29) is 0 Å². The highest BCUT2D eigenvalue weighted by atomic mass is 32.1. The minimum atomic E-state index is 0.455. The van der Waals surface area contributed by atoms with Gasteiger partial charge in [0.1, 0.15) is 0 Å². The zero-order chi connectivity index (χ0) is 12.8. The molecule has 0 unspecified atom stereocenters. The highest BCUT2D eigenvalue weighted by Gasteiger charge is 2.14. The molecule has 2 rings (SSSR count). The van der Waals surface area contributed by atoms with E-state index < -0.39 is 0 Å². The summed E-state index contributed by atoms with van der Waals surface area (Å²) in [7, 11) is 0. The van der Waals surface area contributed by atoms with Crippen LogP contribution < -0.4 is 5.73 Å². The van der Waals surface area contributed by atoms with E-state index in [0.717, 1.165) is 19.0 Å². The van der Waals surface area contributed by atoms with Crippen LogP contribution in [0.4, 0.5) is 0 Å². The lowest BCUT2D eigenvalue weighted by Gasteiger charge is -2.24. The minimum absolute atomic E-state index is 0.455. The molecule has 0 radical (unpaired) electrons. The summed E-state index contributed by atoms with van der Waals surface area (Å²) < 4.78 is 0. The molecule has 0 bridgehead atoms. The molecule has 3 nitrogen and oxygen atoms in total. The third-order valence-corrected chi connectivity index (χ3v) is 4.38. The van der Waals surface area contributed by atoms with Crippen LogP contribution in [-0.4, -0.2) is 23.4 Å². The molecule has 4 heteroatoms. The monoisotopic (exact) mass is 265 g/mol. The smallest absolute Gasteiger partial charge is 0.191 e. The summed E-state index contributed by atoms with van der Waals surface area (Å²) in [4.78, 5) is 8.23. The molecule has 1 saturated carbocycles. The van der Waals surface area contributed by atoms with Crippen molar-refractivity contribution in [2.24, 2.45) is 10.7 Å². The van der Waals surface area contributed by atoms with Gasteiger partial charge in [-0.2, -0.15) is 0 Å². The molecule has 0 spiro atoms. The first-order valence-corrected chi connectivity index (χ1v) is 7.78. The van der Waals surface area contributed by atoms with Gasteiger partial charge in [-0.05, 0) is 31.2 Å². The molecule has 0 saturated heterocycles. The summed E-state index contributed by atoms with van der Waals surface area (Å²) in [5.41, 5.74) is 6.16. The predicted molar refractivity (Wildman–Crippen MR) is 78.9 cm³/mol. The molecule has 2 N–H and O–H groups in total. The Bertz CT molecular complexity index is 366. The van der Waals surface area contributed by atoms with Crippen LogP contribution in [0.15, 0.2) is 22.5 Å². The Morgan fingerprint density at radius 1 is 1.44 bits per heavy atom. The van der Waals surface area contributed by atoms with Crippen LogP contribution in [0.25, 0.3) is 0 Å². The maximum atomic E-state index is 6.16. The Labute approximate surface area is 114 Å². The molecule has 100 valence electrons. The van der Waals surface area contributed by atoms with Crippen LogP contribution in [0.5, 0.6) is 0 Å². The number of guanidine groups is 1. The maximum absolute atomic E-state index is 6.16. The summed E-state index contributed by atoms with van der Waals surface area (Å²) in [5.74, 6) is 0.720. The lowest BCUT2D eigenvalue weighted by atomic mass is 9.96. The summed E-state index contributed by atoms with van der Waals surface area (Å²) in [5, 5.41) is 2.11. The highest BCUT2D eigenvalue weighted by molar-refractivity contribution is 7.09. The Morgan fingerprint density at radius 3 is 2.83 bits per heavy atom. The van der Waals surface area contributed by atoms with Gasteiger partial charge >= 0.3 is 0 Å².